The number of ketones is 1. The van der Waals surface area contributed by atoms with E-state index >= 15 is 0 Å². The molecule has 142 valence electrons. The first-order valence-corrected chi connectivity index (χ1v) is 9.60. The fraction of sp³-hybridized carbons (Fsp3) is 0.421. The second-order valence-corrected chi connectivity index (χ2v) is 7.09. The number of unbranched alkanes of at least 4 members (excludes halogenated alkanes) is 3. The molecule has 2 rings (SSSR count). The predicted octanol–water partition coefficient (Wildman–Crippen LogP) is 6.35. The van der Waals surface area contributed by atoms with Gasteiger partial charge in [0, 0.05) is 6.20 Å². The summed E-state index contributed by atoms with van der Waals surface area (Å²) in [6, 6.07) is 1.80. The number of nitrogens with one attached hydrogen (secondary N) is 1. The van der Waals surface area contributed by atoms with Crippen molar-refractivity contribution in [2.24, 2.45) is 0 Å². The fourth-order valence-electron chi connectivity index (χ4n) is 2.91. The number of methoxy groups -OCH3 is 2. The number of halogens is 3. The van der Waals surface area contributed by atoms with Gasteiger partial charge in [-0.15, -0.1) is 0 Å². The molecule has 0 radical (unpaired) electrons. The van der Waals surface area contributed by atoms with Crippen molar-refractivity contribution < 1.29 is 14.3 Å². The number of hydrogen-bond donors (Lipinski definition) is 1. The zero-order valence-electron chi connectivity index (χ0n) is 15.0. The second kappa shape index (κ2) is 9.54. The molecule has 7 heteroatoms. The van der Waals surface area contributed by atoms with Gasteiger partial charge in [0.15, 0.2) is 5.75 Å². The largest absolute Gasteiger partial charge is 0.496 e. The SMILES string of the molecule is CCCCCCc1cc(Cl)c(OC)c(C(=O)c2c[nH]c(Cl)c2Cl)c1OC. The fourth-order valence-corrected chi connectivity index (χ4v) is 3.57. The van der Waals surface area contributed by atoms with Crippen LogP contribution < -0.4 is 9.47 Å². The molecule has 0 unspecified atom stereocenters. The molecule has 26 heavy (non-hydrogen) atoms. The third-order valence-corrected chi connectivity index (χ3v) is 5.28. The lowest BCUT2D eigenvalue weighted by Crippen LogP contribution is -2.09. The minimum atomic E-state index is -0.357. The third kappa shape index (κ3) is 4.30. The molecule has 2 aromatic rings. The van der Waals surface area contributed by atoms with E-state index in [2.05, 4.69) is 11.9 Å². The molecule has 0 amide bonds. The van der Waals surface area contributed by atoms with Gasteiger partial charge in [-0.2, -0.15) is 0 Å². The highest BCUT2D eigenvalue weighted by molar-refractivity contribution is 6.44. The molecule has 4 nitrogen and oxygen atoms in total. The van der Waals surface area contributed by atoms with Crippen LogP contribution in [0.3, 0.4) is 0 Å². The summed E-state index contributed by atoms with van der Waals surface area (Å²) < 4.78 is 11.0. The zero-order chi connectivity index (χ0) is 19.3. The number of benzene rings is 1. The minimum absolute atomic E-state index is 0.158. The van der Waals surface area contributed by atoms with Gasteiger partial charge in [-0.1, -0.05) is 61.0 Å². The highest BCUT2D eigenvalue weighted by Gasteiger charge is 2.28. The predicted molar refractivity (Wildman–Crippen MR) is 107 cm³/mol. The quantitative estimate of drug-likeness (QED) is 0.381. The van der Waals surface area contributed by atoms with E-state index in [0.29, 0.717) is 10.8 Å². The van der Waals surface area contributed by atoms with Crippen molar-refractivity contribution in [2.75, 3.05) is 14.2 Å². The summed E-state index contributed by atoms with van der Waals surface area (Å²) in [6.07, 6.45) is 6.62. The Bertz CT molecular complexity index is 787. The van der Waals surface area contributed by atoms with Crippen LogP contribution in [0.2, 0.25) is 15.2 Å². The molecule has 0 bridgehead atoms. The molecule has 1 aromatic heterocycles. The maximum atomic E-state index is 13.1. The number of hydrogen-bond acceptors (Lipinski definition) is 3. The van der Waals surface area contributed by atoms with Crippen LogP contribution in [0.15, 0.2) is 12.3 Å². The molecule has 0 saturated heterocycles. The number of carbonyl (C=O) groups is 1. The summed E-state index contributed by atoms with van der Waals surface area (Å²) in [5.41, 5.74) is 1.37. The first-order valence-electron chi connectivity index (χ1n) is 8.46. The van der Waals surface area contributed by atoms with Crippen molar-refractivity contribution in [2.45, 2.75) is 39.0 Å². The Balaban J connectivity index is 2.52. The summed E-state index contributed by atoms with van der Waals surface area (Å²) in [7, 11) is 2.99. The number of aromatic nitrogens is 1. The van der Waals surface area contributed by atoms with E-state index in [1.165, 1.54) is 20.4 Å². The van der Waals surface area contributed by atoms with E-state index in [0.717, 1.165) is 37.7 Å². The summed E-state index contributed by atoms with van der Waals surface area (Å²) >= 11 is 18.5. The second-order valence-electron chi connectivity index (χ2n) is 5.93. The molecular formula is C19H22Cl3NO3. The maximum Gasteiger partial charge on any atom is 0.203 e. The Morgan fingerprint density at radius 1 is 1.08 bits per heavy atom. The smallest absolute Gasteiger partial charge is 0.203 e. The van der Waals surface area contributed by atoms with Crippen molar-refractivity contribution in [1.82, 2.24) is 4.98 Å². The van der Waals surface area contributed by atoms with E-state index in [4.69, 9.17) is 44.3 Å². The highest BCUT2D eigenvalue weighted by atomic mass is 35.5. The Hall–Kier alpha value is -1.36. The molecule has 0 aliphatic rings. The lowest BCUT2D eigenvalue weighted by molar-refractivity contribution is 0.103. The normalized spacial score (nSPS) is 10.8. The molecule has 1 N–H and O–H groups in total. The molecule has 0 spiro atoms. The van der Waals surface area contributed by atoms with Crippen molar-refractivity contribution in [3.05, 3.63) is 44.2 Å². The van der Waals surface area contributed by atoms with Crippen molar-refractivity contribution in [3.63, 3.8) is 0 Å². The number of H-pyrrole nitrogens is 1. The van der Waals surface area contributed by atoms with Gasteiger partial charge in [0.1, 0.15) is 16.5 Å². The molecule has 0 fully saturated rings. The topological polar surface area (TPSA) is 51.3 Å². The van der Waals surface area contributed by atoms with E-state index in [1.54, 1.807) is 6.07 Å². The lowest BCUT2D eigenvalue weighted by Gasteiger charge is -2.17. The van der Waals surface area contributed by atoms with Crippen molar-refractivity contribution in [3.8, 4) is 11.5 Å². The average Bonchev–Trinajstić information content (AvgIpc) is 2.96. The number of aryl methyl sites for hydroxylation is 1. The highest BCUT2D eigenvalue weighted by Crippen LogP contribution is 2.41. The molecule has 0 aliphatic carbocycles. The summed E-state index contributed by atoms with van der Waals surface area (Å²) in [6.45, 7) is 2.16. The number of rotatable bonds is 9. The van der Waals surface area contributed by atoms with Gasteiger partial charge < -0.3 is 14.5 Å². The van der Waals surface area contributed by atoms with Gasteiger partial charge in [-0.3, -0.25) is 4.79 Å². The van der Waals surface area contributed by atoms with Crippen LogP contribution in [0, 0.1) is 0 Å². The van der Waals surface area contributed by atoms with E-state index < -0.39 is 0 Å². The summed E-state index contributed by atoms with van der Waals surface area (Å²) in [5, 5.41) is 0.722. The average molecular weight is 419 g/mol. The lowest BCUT2D eigenvalue weighted by atomic mass is 9.97. The Kier molecular flexibility index (Phi) is 7.69. The molecular weight excluding hydrogens is 397 g/mol. The minimum Gasteiger partial charge on any atom is -0.496 e. The van der Waals surface area contributed by atoms with E-state index in [1.807, 2.05) is 0 Å². The number of carbonyl (C=O) groups excluding carboxylic acids is 1. The van der Waals surface area contributed by atoms with Gasteiger partial charge in [0.05, 0.1) is 29.8 Å². The van der Waals surface area contributed by atoms with Crippen LogP contribution in [0.25, 0.3) is 0 Å². The molecule has 0 saturated carbocycles. The van der Waals surface area contributed by atoms with Gasteiger partial charge in [0.2, 0.25) is 5.78 Å². The first-order chi connectivity index (χ1) is 12.5. The van der Waals surface area contributed by atoms with Gasteiger partial charge in [-0.05, 0) is 24.5 Å². The van der Waals surface area contributed by atoms with Crippen LogP contribution in [0.5, 0.6) is 11.5 Å². The Labute approximate surface area is 168 Å². The van der Waals surface area contributed by atoms with E-state index in [-0.39, 0.29) is 32.8 Å². The van der Waals surface area contributed by atoms with E-state index in [9.17, 15) is 4.79 Å². The first kappa shape index (κ1) is 20.9. The third-order valence-electron chi connectivity index (χ3n) is 4.22. The van der Waals surface area contributed by atoms with Crippen molar-refractivity contribution >= 4 is 40.6 Å². The zero-order valence-corrected chi connectivity index (χ0v) is 17.3. The van der Waals surface area contributed by atoms with Crippen LogP contribution >= 0.6 is 34.8 Å². The monoisotopic (exact) mass is 417 g/mol. The van der Waals surface area contributed by atoms with Gasteiger partial charge in [0.25, 0.3) is 0 Å². The standard InChI is InChI=1S/C19H22Cl3NO3/c1-4-5-6-7-8-11-9-13(20)18(26-3)14(17(11)25-2)16(24)12-10-23-19(22)15(12)21/h9-10,23H,4-8H2,1-3H3. The van der Waals surface area contributed by atoms with Gasteiger partial charge in [-0.25, -0.2) is 0 Å². The van der Waals surface area contributed by atoms with Crippen LogP contribution in [-0.4, -0.2) is 25.0 Å². The van der Waals surface area contributed by atoms with Crippen LogP contribution in [-0.2, 0) is 6.42 Å². The molecule has 1 heterocycles. The number of aromatic amines is 1. The Morgan fingerprint density at radius 3 is 2.31 bits per heavy atom. The Morgan fingerprint density at radius 2 is 1.77 bits per heavy atom. The maximum absolute atomic E-state index is 13.1. The molecule has 0 atom stereocenters. The summed E-state index contributed by atoms with van der Waals surface area (Å²) in [5.74, 6) is 0.365. The van der Waals surface area contributed by atoms with Gasteiger partial charge >= 0.3 is 0 Å². The molecule has 1 aromatic carbocycles. The molecule has 0 aliphatic heterocycles. The van der Waals surface area contributed by atoms with Crippen molar-refractivity contribution in [1.29, 1.82) is 0 Å². The summed E-state index contributed by atoms with van der Waals surface area (Å²) in [4.78, 5) is 15.9. The number of ether oxygens (including phenoxy) is 2. The van der Waals surface area contributed by atoms with Crippen LogP contribution in [0.4, 0.5) is 0 Å². The van der Waals surface area contributed by atoms with Crippen LogP contribution in [0.1, 0.15) is 54.1 Å².